The van der Waals surface area contributed by atoms with Gasteiger partial charge in [0.25, 0.3) is 0 Å². The highest BCUT2D eigenvalue weighted by atomic mass is 19.1. The molecule has 5 nitrogen and oxygen atoms in total. The summed E-state index contributed by atoms with van der Waals surface area (Å²) in [5.74, 6) is -0.790. The zero-order valence-electron chi connectivity index (χ0n) is 18.2. The van der Waals surface area contributed by atoms with Crippen LogP contribution in [0, 0.1) is 17.7 Å². The maximum Gasteiger partial charge on any atom is 0.305 e. The molecule has 172 valence electrons. The number of allylic oxidation sites excluding steroid dienone is 2. The van der Waals surface area contributed by atoms with Crippen LogP contribution < -0.4 is 0 Å². The molecule has 0 heterocycles. The van der Waals surface area contributed by atoms with Gasteiger partial charge in [-0.05, 0) is 56.1 Å². The van der Waals surface area contributed by atoms with Crippen LogP contribution in [0.15, 0.2) is 48.6 Å². The van der Waals surface area contributed by atoms with Gasteiger partial charge in [-0.25, -0.2) is 4.39 Å². The van der Waals surface area contributed by atoms with Gasteiger partial charge in [0.1, 0.15) is 5.82 Å². The second kappa shape index (κ2) is 13.4. The molecule has 2 rings (SSSR count). The van der Waals surface area contributed by atoms with Crippen molar-refractivity contribution in [2.24, 2.45) is 11.8 Å². The van der Waals surface area contributed by atoms with Crippen molar-refractivity contribution in [2.45, 2.75) is 69.7 Å². The molecular weight excluding hydrogens is 399 g/mol. The van der Waals surface area contributed by atoms with E-state index in [9.17, 15) is 24.5 Å². The molecule has 0 amide bonds. The van der Waals surface area contributed by atoms with E-state index in [4.69, 9.17) is 0 Å². The van der Waals surface area contributed by atoms with E-state index in [0.717, 1.165) is 6.42 Å². The molecule has 1 aromatic rings. The van der Waals surface area contributed by atoms with E-state index < -0.39 is 18.3 Å². The van der Waals surface area contributed by atoms with Crippen molar-refractivity contribution in [2.75, 3.05) is 7.11 Å². The predicted molar refractivity (Wildman–Crippen MR) is 118 cm³/mol. The number of methoxy groups -OCH3 is 1. The standard InChI is InChI=1S/C25H35FO5/c1-31-25(30)14-5-3-2-4-12-20-21(24(29)17-23(20)28)16-15-19(27)11-8-10-18-9-6-7-13-22(18)26/h2,4,6-7,9,13,15-16,19-21,23-24,27-29H,3,5,8,10-12,14,17H2,1H3. The fraction of sp³-hybridized carbons (Fsp3) is 0.560. The topological polar surface area (TPSA) is 87.0 Å². The average Bonchev–Trinajstić information content (AvgIpc) is 3.02. The summed E-state index contributed by atoms with van der Waals surface area (Å²) in [6.45, 7) is 0. The van der Waals surface area contributed by atoms with Gasteiger partial charge in [0.05, 0.1) is 25.4 Å². The van der Waals surface area contributed by atoms with Crippen molar-refractivity contribution in [1.29, 1.82) is 0 Å². The van der Waals surface area contributed by atoms with E-state index in [1.54, 1.807) is 24.3 Å². The number of halogens is 1. The lowest BCUT2D eigenvalue weighted by Crippen LogP contribution is -2.20. The van der Waals surface area contributed by atoms with Gasteiger partial charge in [-0.2, -0.15) is 0 Å². The minimum Gasteiger partial charge on any atom is -0.469 e. The number of esters is 1. The van der Waals surface area contributed by atoms with E-state index in [-0.39, 0.29) is 23.6 Å². The second-order valence-electron chi connectivity index (χ2n) is 8.22. The molecule has 3 N–H and O–H groups in total. The van der Waals surface area contributed by atoms with Crippen LogP contribution in [0.3, 0.4) is 0 Å². The molecule has 1 saturated carbocycles. The van der Waals surface area contributed by atoms with E-state index in [0.29, 0.717) is 50.5 Å². The molecule has 1 fully saturated rings. The molecule has 1 aliphatic carbocycles. The monoisotopic (exact) mass is 434 g/mol. The van der Waals surface area contributed by atoms with Crippen LogP contribution in [0.25, 0.3) is 0 Å². The Morgan fingerprint density at radius 2 is 2.00 bits per heavy atom. The lowest BCUT2D eigenvalue weighted by molar-refractivity contribution is -0.140. The quantitative estimate of drug-likeness (QED) is 0.265. The highest BCUT2D eigenvalue weighted by molar-refractivity contribution is 5.69. The molecule has 0 spiro atoms. The smallest absolute Gasteiger partial charge is 0.305 e. The van der Waals surface area contributed by atoms with Gasteiger partial charge < -0.3 is 20.1 Å². The largest absolute Gasteiger partial charge is 0.469 e. The Hall–Kier alpha value is -2.02. The fourth-order valence-electron chi connectivity index (χ4n) is 4.10. The number of unbranched alkanes of at least 4 members (excludes halogenated alkanes) is 1. The lowest BCUT2D eigenvalue weighted by atomic mass is 9.89. The van der Waals surface area contributed by atoms with Gasteiger partial charge in [0.2, 0.25) is 0 Å². The molecule has 6 heteroatoms. The van der Waals surface area contributed by atoms with Gasteiger partial charge in [0.15, 0.2) is 0 Å². The molecular formula is C25H35FO5. The summed E-state index contributed by atoms with van der Waals surface area (Å²) >= 11 is 0. The van der Waals surface area contributed by atoms with Gasteiger partial charge in [-0.15, -0.1) is 0 Å². The summed E-state index contributed by atoms with van der Waals surface area (Å²) in [6, 6.07) is 6.65. The van der Waals surface area contributed by atoms with Crippen LogP contribution in [0.5, 0.6) is 0 Å². The van der Waals surface area contributed by atoms with E-state index in [1.165, 1.54) is 13.2 Å². The Morgan fingerprint density at radius 1 is 1.23 bits per heavy atom. The van der Waals surface area contributed by atoms with Crippen molar-refractivity contribution in [3.8, 4) is 0 Å². The Labute approximate surface area is 184 Å². The first-order chi connectivity index (χ1) is 14.9. The molecule has 0 aliphatic heterocycles. The Balaban J connectivity index is 1.78. The number of aryl methyl sites for hydroxylation is 1. The summed E-state index contributed by atoms with van der Waals surface area (Å²) in [5, 5.41) is 30.9. The van der Waals surface area contributed by atoms with Crippen molar-refractivity contribution in [3.63, 3.8) is 0 Å². The first-order valence-corrected chi connectivity index (χ1v) is 11.1. The maximum absolute atomic E-state index is 13.7. The van der Waals surface area contributed by atoms with Crippen LogP contribution in [0.2, 0.25) is 0 Å². The van der Waals surface area contributed by atoms with Crippen LogP contribution in [-0.4, -0.2) is 46.7 Å². The number of ether oxygens (including phenoxy) is 1. The zero-order valence-corrected chi connectivity index (χ0v) is 18.2. The summed E-state index contributed by atoms with van der Waals surface area (Å²) < 4.78 is 18.3. The minimum atomic E-state index is -0.675. The van der Waals surface area contributed by atoms with Crippen LogP contribution in [0.4, 0.5) is 4.39 Å². The highest BCUT2D eigenvalue weighted by Gasteiger charge is 2.39. The van der Waals surface area contributed by atoms with Crippen molar-refractivity contribution in [1.82, 2.24) is 0 Å². The first-order valence-electron chi connectivity index (χ1n) is 11.1. The Kier molecular flexibility index (Phi) is 10.9. The van der Waals surface area contributed by atoms with Crippen molar-refractivity contribution >= 4 is 5.97 Å². The molecule has 1 aromatic carbocycles. The van der Waals surface area contributed by atoms with Crippen LogP contribution in [0.1, 0.15) is 50.5 Å². The van der Waals surface area contributed by atoms with E-state index in [1.807, 2.05) is 18.2 Å². The predicted octanol–water partition coefficient (Wildman–Crippen LogP) is 3.71. The van der Waals surface area contributed by atoms with Crippen LogP contribution in [-0.2, 0) is 16.0 Å². The molecule has 31 heavy (non-hydrogen) atoms. The van der Waals surface area contributed by atoms with Gasteiger partial charge >= 0.3 is 5.97 Å². The Bertz CT molecular complexity index is 732. The number of aliphatic hydroxyl groups is 3. The highest BCUT2D eigenvalue weighted by Crippen LogP contribution is 2.36. The molecule has 0 bridgehead atoms. The molecule has 5 atom stereocenters. The summed E-state index contributed by atoms with van der Waals surface area (Å²) in [4.78, 5) is 11.1. The summed E-state index contributed by atoms with van der Waals surface area (Å²) in [5.41, 5.74) is 0.645. The maximum atomic E-state index is 13.7. The van der Waals surface area contributed by atoms with Gasteiger partial charge in [-0.3, -0.25) is 4.79 Å². The summed E-state index contributed by atoms with van der Waals surface area (Å²) in [6.07, 6.45) is 10.0. The number of hydrogen-bond acceptors (Lipinski definition) is 5. The lowest BCUT2D eigenvalue weighted by Gasteiger charge is -2.19. The van der Waals surface area contributed by atoms with Gasteiger partial charge in [-0.1, -0.05) is 42.5 Å². The summed E-state index contributed by atoms with van der Waals surface area (Å²) in [7, 11) is 1.37. The SMILES string of the molecule is COC(=O)CCCC=CCC1C(O)CC(O)C1C=CC(O)CCCc1ccccc1F. The fourth-order valence-corrected chi connectivity index (χ4v) is 4.10. The normalized spacial score (nSPS) is 24.8. The number of aliphatic hydroxyl groups excluding tert-OH is 3. The molecule has 0 radical (unpaired) electrons. The van der Waals surface area contributed by atoms with E-state index >= 15 is 0 Å². The molecule has 0 aromatic heterocycles. The number of rotatable bonds is 12. The van der Waals surface area contributed by atoms with Crippen molar-refractivity contribution in [3.05, 3.63) is 60.0 Å². The first kappa shape index (κ1) is 25.2. The van der Waals surface area contributed by atoms with Crippen LogP contribution >= 0.6 is 0 Å². The third kappa shape index (κ3) is 8.56. The number of carbonyl (C=O) groups is 1. The molecule has 1 aliphatic rings. The third-order valence-electron chi connectivity index (χ3n) is 5.93. The third-order valence-corrected chi connectivity index (χ3v) is 5.93. The number of benzene rings is 1. The number of hydrogen-bond donors (Lipinski definition) is 3. The zero-order chi connectivity index (χ0) is 22.6. The average molecular weight is 435 g/mol. The van der Waals surface area contributed by atoms with E-state index in [2.05, 4.69) is 4.74 Å². The van der Waals surface area contributed by atoms with Crippen molar-refractivity contribution < 1.29 is 29.2 Å². The van der Waals surface area contributed by atoms with Gasteiger partial charge in [0, 0.05) is 18.8 Å². The molecule has 5 unspecified atom stereocenters. The minimum absolute atomic E-state index is 0.117. The number of carbonyl (C=O) groups excluding carboxylic acids is 1. The molecule has 0 saturated heterocycles. The Morgan fingerprint density at radius 3 is 2.74 bits per heavy atom. The second-order valence-corrected chi connectivity index (χ2v) is 8.22.